The lowest BCUT2D eigenvalue weighted by Gasteiger charge is -2.12. The van der Waals surface area contributed by atoms with Gasteiger partial charge in [-0.2, -0.15) is 0 Å². The quantitative estimate of drug-likeness (QED) is 0.754. The van der Waals surface area contributed by atoms with Crippen LogP contribution in [0, 0.1) is 0 Å². The third-order valence-electron chi connectivity index (χ3n) is 2.27. The summed E-state index contributed by atoms with van der Waals surface area (Å²) >= 11 is 0. The molecule has 0 bridgehead atoms. The number of carbonyl (C=O) groups is 1. The lowest BCUT2D eigenvalue weighted by Crippen LogP contribution is -2.32. The molecule has 1 aromatic rings. The van der Waals surface area contributed by atoms with Crippen LogP contribution in [0.15, 0.2) is 28.9 Å². The highest BCUT2D eigenvalue weighted by atomic mass is 16.3. The largest absolute Gasteiger partial charge is 0.465 e. The lowest BCUT2D eigenvalue weighted by atomic mass is 10.2. The molecule has 0 fully saturated rings. The van der Waals surface area contributed by atoms with Crippen molar-refractivity contribution in [1.29, 1.82) is 0 Å². The van der Waals surface area contributed by atoms with E-state index < -0.39 is 0 Å². The molecule has 0 aromatic carbocycles. The summed E-state index contributed by atoms with van der Waals surface area (Å²) in [4.78, 5) is 11.4. The summed E-state index contributed by atoms with van der Waals surface area (Å²) in [6.45, 7) is 4.12. The van der Waals surface area contributed by atoms with Crippen molar-refractivity contribution in [2.24, 2.45) is 0 Å². The normalized spacial score (nSPS) is 11.1. The summed E-state index contributed by atoms with van der Waals surface area (Å²) < 4.78 is 5.07. The van der Waals surface area contributed by atoms with E-state index in [1.54, 1.807) is 24.5 Å². The Balaban J connectivity index is 2.42. The van der Waals surface area contributed by atoms with Crippen LogP contribution >= 0.6 is 0 Å². The minimum atomic E-state index is -0.0694. The molecule has 1 heterocycles. The summed E-state index contributed by atoms with van der Waals surface area (Å²) in [5, 5.41) is 2.91. The molecule has 0 aliphatic rings. The van der Waals surface area contributed by atoms with Crippen molar-refractivity contribution in [2.45, 2.75) is 32.7 Å². The van der Waals surface area contributed by atoms with Gasteiger partial charge in [0, 0.05) is 12.1 Å². The summed E-state index contributed by atoms with van der Waals surface area (Å²) in [6, 6.07) is 3.86. The molecule has 15 heavy (non-hydrogen) atoms. The topological polar surface area (TPSA) is 42.2 Å². The SMILES string of the molecule is CCC(CC)NC(=O)C=Cc1ccco1. The van der Waals surface area contributed by atoms with Gasteiger partial charge in [-0.05, 0) is 31.1 Å². The van der Waals surface area contributed by atoms with Crippen LogP contribution in [-0.4, -0.2) is 11.9 Å². The average molecular weight is 207 g/mol. The molecule has 1 amide bonds. The molecular weight excluding hydrogens is 190 g/mol. The van der Waals surface area contributed by atoms with Crippen LogP contribution < -0.4 is 5.32 Å². The summed E-state index contributed by atoms with van der Waals surface area (Å²) in [5.74, 6) is 0.620. The van der Waals surface area contributed by atoms with Gasteiger partial charge in [0.05, 0.1) is 6.26 Å². The van der Waals surface area contributed by atoms with E-state index in [0.717, 1.165) is 12.8 Å². The summed E-state index contributed by atoms with van der Waals surface area (Å²) in [5.41, 5.74) is 0. The molecule has 0 aliphatic carbocycles. The minimum absolute atomic E-state index is 0.0694. The van der Waals surface area contributed by atoms with Gasteiger partial charge in [-0.15, -0.1) is 0 Å². The van der Waals surface area contributed by atoms with Gasteiger partial charge in [-0.1, -0.05) is 13.8 Å². The highest BCUT2D eigenvalue weighted by molar-refractivity contribution is 5.91. The van der Waals surface area contributed by atoms with Gasteiger partial charge in [-0.3, -0.25) is 4.79 Å². The van der Waals surface area contributed by atoms with Crippen LogP contribution in [0.3, 0.4) is 0 Å². The Morgan fingerprint density at radius 2 is 2.27 bits per heavy atom. The molecule has 1 aromatic heterocycles. The van der Waals surface area contributed by atoms with E-state index in [9.17, 15) is 4.79 Å². The van der Waals surface area contributed by atoms with Crippen LogP contribution in [0.2, 0.25) is 0 Å². The number of carbonyl (C=O) groups excluding carboxylic acids is 1. The van der Waals surface area contributed by atoms with Crippen molar-refractivity contribution < 1.29 is 9.21 Å². The first kappa shape index (κ1) is 11.6. The molecule has 0 aliphatic heterocycles. The van der Waals surface area contributed by atoms with Crippen molar-refractivity contribution >= 4 is 12.0 Å². The molecule has 82 valence electrons. The molecule has 3 heteroatoms. The van der Waals surface area contributed by atoms with Crippen LogP contribution in [0.4, 0.5) is 0 Å². The predicted molar refractivity (Wildman–Crippen MR) is 60.3 cm³/mol. The van der Waals surface area contributed by atoms with Crippen molar-refractivity contribution in [1.82, 2.24) is 5.32 Å². The number of hydrogen-bond acceptors (Lipinski definition) is 2. The average Bonchev–Trinajstić information content (AvgIpc) is 2.75. The van der Waals surface area contributed by atoms with E-state index in [0.29, 0.717) is 5.76 Å². The molecule has 0 saturated carbocycles. The van der Waals surface area contributed by atoms with Gasteiger partial charge in [0.2, 0.25) is 5.91 Å². The standard InChI is InChI=1S/C12H17NO2/c1-3-10(4-2)13-12(14)8-7-11-6-5-9-15-11/h5-10H,3-4H2,1-2H3,(H,13,14). The van der Waals surface area contributed by atoms with E-state index in [4.69, 9.17) is 4.42 Å². The highest BCUT2D eigenvalue weighted by Gasteiger charge is 2.04. The van der Waals surface area contributed by atoms with Crippen LogP contribution in [0.5, 0.6) is 0 Å². The Morgan fingerprint density at radius 1 is 1.53 bits per heavy atom. The molecule has 1 rings (SSSR count). The Bertz CT molecular complexity index is 310. The summed E-state index contributed by atoms with van der Waals surface area (Å²) in [7, 11) is 0. The van der Waals surface area contributed by atoms with Crippen LogP contribution in [0.25, 0.3) is 6.08 Å². The van der Waals surface area contributed by atoms with E-state index in [1.165, 1.54) is 6.08 Å². The van der Waals surface area contributed by atoms with Crippen molar-refractivity contribution in [3.63, 3.8) is 0 Å². The highest BCUT2D eigenvalue weighted by Crippen LogP contribution is 2.02. The lowest BCUT2D eigenvalue weighted by molar-refractivity contribution is -0.117. The summed E-state index contributed by atoms with van der Waals surface area (Å²) in [6.07, 6.45) is 6.65. The smallest absolute Gasteiger partial charge is 0.244 e. The fraction of sp³-hybridized carbons (Fsp3) is 0.417. The van der Waals surface area contributed by atoms with Gasteiger partial charge in [-0.25, -0.2) is 0 Å². The molecule has 0 unspecified atom stereocenters. The fourth-order valence-corrected chi connectivity index (χ4v) is 1.29. The molecule has 0 spiro atoms. The Kier molecular flexibility index (Phi) is 4.68. The Hall–Kier alpha value is -1.51. The number of furan rings is 1. The molecule has 1 N–H and O–H groups in total. The van der Waals surface area contributed by atoms with Gasteiger partial charge in [0.25, 0.3) is 0 Å². The van der Waals surface area contributed by atoms with Gasteiger partial charge >= 0.3 is 0 Å². The van der Waals surface area contributed by atoms with E-state index >= 15 is 0 Å². The maximum Gasteiger partial charge on any atom is 0.244 e. The molecule has 0 atom stereocenters. The molecule has 3 nitrogen and oxygen atoms in total. The molecular formula is C12H17NO2. The molecule has 0 saturated heterocycles. The van der Waals surface area contributed by atoms with E-state index in [-0.39, 0.29) is 11.9 Å². The zero-order valence-corrected chi connectivity index (χ0v) is 9.19. The number of nitrogens with one attached hydrogen (secondary N) is 1. The Morgan fingerprint density at radius 3 is 2.80 bits per heavy atom. The van der Waals surface area contributed by atoms with Crippen LogP contribution in [0.1, 0.15) is 32.4 Å². The predicted octanol–water partition coefficient (Wildman–Crippen LogP) is 2.60. The van der Waals surface area contributed by atoms with Gasteiger partial charge in [0.15, 0.2) is 0 Å². The van der Waals surface area contributed by atoms with Crippen molar-refractivity contribution in [2.75, 3.05) is 0 Å². The van der Waals surface area contributed by atoms with Crippen molar-refractivity contribution in [3.8, 4) is 0 Å². The first-order valence-electron chi connectivity index (χ1n) is 5.28. The zero-order valence-electron chi connectivity index (χ0n) is 9.19. The second-order valence-corrected chi connectivity index (χ2v) is 3.37. The molecule has 0 radical (unpaired) electrons. The first-order chi connectivity index (χ1) is 7.26. The second kappa shape index (κ2) is 6.06. The van der Waals surface area contributed by atoms with Gasteiger partial charge in [0.1, 0.15) is 5.76 Å². The first-order valence-corrected chi connectivity index (χ1v) is 5.28. The Labute approximate surface area is 90.2 Å². The maximum absolute atomic E-state index is 11.4. The number of amides is 1. The van der Waals surface area contributed by atoms with Gasteiger partial charge < -0.3 is 9.73 Å². The van der Waals surface area contributed by atoms with E-state index in [2.05, 4.69) is 19.2 Å². The van der Waals surface area contributed by atoms with Crippen molar-refractivity contribution in [3.05, 3.63) is 30.2 Å². The zero-order chi connectivity index (χ0) is 11.1. The maximum atomic E-state index is 11.4. The number of hydrogen-bond donors (Lipinski definition) is 1. The number of rotatable bonds is 5. The van der Waals surface area contributed by atoms with E-state index in [1.807, 2.05) is 0 Å². The monoisotopic (exact) mass is 207 g/mol. The third-order valence-corrected chi connectivity index (χ3v) is 2.27. The fourth-order valence-electron chi connectivity index (χ4n) is 1.29. The third kappa shape index (κ3) is 4.02. The second-order valence-electron chi connectivity index (χ2n) is 3.37. The minimum Gasteiger partial charge on any atom is -0.465 e. The van der Waals surface area contributed by atoms with Crippen LogP contribution in [-0.2, 0) is 4.79 Å².